The lowest BCUT2D eigenvalue weighted by Crippen LogP contribution is -2.48. The number of rotatable bonds is 8. The minimum absolute atomic E-state index is 0.171. The van der Waals surface area contributed by atoms with Gasteiger partial charge in [-0.2, -0.15) is 4.72 Å². The van der Waals surface area contributed by atoms with Gasteiger partial charge in [0.25, 0.3) is 0 Å². The molecule has 1 amide bonds. The maximum atomic E-state index is 13.4. The molecule has 3 aromatic rings. The molecule has 0 unspecified atom stereocenters. The van der Waals surface area contributed by atoms with Crippen molar-refractivity contribution >= 4 is 15.9 Å². The van der Waals surface area contributed by atoms with E-state index in [1.807, 2.05) is 55.5 Å². The molecule has 1 aliphatic rings. The van der Waals surface area contributed by atoms with Gasteiger partial charge in [0.2, 0.25) is 22.7 Å². The predicted octanol–water partition coefficient (Wildman–Crippen LogP) is 3.55. The van der Waals surface area contributed by atoms with Crippen molar-refractivity contribution in [3.05, 3.63) is 88.5 Å². The summed E-state index contributed by atoms with van der Waals surface area (Å²) in [4.78, 5) is 13.4. The molecule has 8 heteroatoms. The van der Waals surface area contributed by atoms with Crippen molar-refractivity contribution in [1.82, 2.24) is 10.0 Å². The first-order chi connectivity index (χ1) is 16.2. The second kappa shape index (κ2) is 9.87. The third-order valence-corrected chi connectivity index (χ3v) is 7.45. The fourth-order valence-corrected chi connectivity index (χ4v) is 5.89. The molecule has 0 spiro atoms. The smallest absolute Gasteiger partial charge is 0.241 e. The third kappa shape index (κ3) is 5.40. The Bertz CT molecular complexity index is 1280. The molecule has 0 bridgehead atoms. The lowest BCUT2D eigenvalue weighted by molar-refractivity contribution is -0.122. The minimum Gasteiger partial charge on any atom is -0.454 e. The quantitative estimate of drug-likeness (QED) is 0.514. The molecule has 0 saturated carbocycles. The Morgan fingerprint density at radius 3 is 2.29 bits per heavy atom. The van der Waals surface area contributed by atoms with Crippen LogP contribution >= 0.6 is 0 Å². The second-order valence-corrected chi connectivity index (χ2v) is 10.1. The summed E-state index contributed by atoms with van der Waals surface area (Å²) in [7, 11) is -3.94. The van der Waals surface area contributed by atoms with Gasteiger partial charge in [0, 0.05) is 6.54 Å². The molecular formula is C26H28N2O5S. The first-order valence-electron chi connectivity index (χ1n) is 11.0. The lowest BCUT2D eigenvalue weighted by Gasteiger charge is -2.21. The highest BCUT2D eigenvalue weighted by molar-refractivity contribution is 7.89. The molecule has 178 valence electrons. The monoisotopic (exact) mass is 480 g/mol. The van der Waals surface area contributed by atoms with Gasteiger partial charge in [0.05, 0.1) is 4.90 Å². The van der Waals surface area contributed by atoms with Crippen molar-refractivity contribution in [1.29, 1.82) is 0 Å². The van der Waals surface area contributed by atoms with Gasteiger partial charge < -0.3 is 14.8 Å². The summed E-state index contributed by atoms with van der Waals surface area (Å²) in [5.74, 6) is 0.875. The van der Waals surface area contributed by atoms with E-state index in [9.17, 15) is 13.2 Å². The van der Waals surface area contributed by atoms with Crippen LogP contribution in [0.15, 0.2) is 65.6 Å². The third-order valence-electron chi connectivity index (χ3n) is 5.67. The number of amides is 1. The van der Waals surface area contributed by atoms with Gasteiger partial charge in [-0.25, -0.2) is 8.42 Å². The molecule has 0 aliphatic carbocycles. The van der Waals surface area contributed by atoms with Gasteiger partial charge in [0.1, 0.15) is 6.04 Å². The van der Waals surface area contributed by atoms with Crippen molar-refractivity contribution in [3.63, 3.8) is 0 Å². The van der Waals surface area contributed by atoms with E-state index in [0.29, 0.717) is 22.6 Å². The highest BCUT2D eigenvalue weighted by atomic mass is 32.2. The summed E-state index contributed by atoms with van der Waals surface area (Å²) in [6.45, 7) is 5.85. The van der Waals surface area contributed by atoms with Crippen molar-refractivity contribution < 1.29 is 22.7 Å². The highest BCUT2D eigenvalue weighted by Crippen LogP contribution is 2.32. The fourth-order valence-electron chi connectivity index (χ4n) is 4.24. The lowest BCUT2D eigenvalue weighted by atomic mass is 10.1. The Morgan fingerprint density at radius 1 is 0.912 bits per heavy atom. The molecule has 7 nitrogen and oxygen atoms in total. The van der Waals surface area contributed by atoms with Crippen molar-refractivity contribution in [2.45, 2.75) is 44.7 Å². The van der Waals surface area contributed by atoms with Crippen molar-refractivity contribution in [2.24, 2.45) is 0 Å². The number of ether oxygens (including phenoxy) is 2. The van der Waals surface area contributed by atoms with E-state index >= 15 is 0 Å². The summed E-state index contributed by atoms with van der Waals surface area (Å²) in [5, 5.41) is 2.86. The van der Waals surface area contributed by atoms with E-state index < -0.39 is 22.0 Å². The average Bonchev–Trinajstić information content (AvgIpc) is 3.24. The van der Waals surface area contributed by atoms with Crippen molar-refractivity contribution in [3.8, 4) is 11.5 Å². The largest absolute Gasteiger partial charge is 0.454 e. The Morgan fingerprint density at radius 2 is 1.59 bits per heavy atom. The normalized spacial score (nSPS) is 13.5. The molecule has 2 N–H and O–H groups in total. The Labute approximate surface area is 200 Å². The van der Waals surface area contributed by atoms with Gasteiger partial charge in [-0.05, 0) is 61.6 Å². The predicted molar refractivity (Wildman–Crippen MR) is 129 cm³/mol. The van der Waals surface area contributed by atoms with Crippen LogP contribution in [0.4, 0.5) is 0 Å². The molecule has 0 fully saturated rings. The summed E-state index contributed by atoms with van der Waals surface area (Å²) in [5.41, 5.74) is 3.94. The van der Waals surface area contributed by atoms with E-state index in [1.165, 1.54) is 0 Å². The van der Waals surface area contributed by atoms with Crippen LogP contribution in [-0.2, 0) is 27.8 Å². The molecule has 0 aromatic heterocycles. The Kier molecular flexibility index (Phi) is 6.90. The maximum absolute atomic E-state index is 13.4. The topological polar surface area (TPSA) is 93.7 Å². The maximum Gasteiger partial charge on any atom is 0.241 e. The molecule has 0 radical (unpaired) electrons. The van der Waals surface area contributed by atoms with E-state index in [0.717, 1.165) is 16.7 Å². The fraction of sp³-hybridized carbons (Fsp3) is 0.269. The average molecular weight is 481 g/mol. The van der Waals surface area contributed by atoms with Crippen LogP contribution in [0.25, 0.3) is 0 Å². The van der Waals surface area contributed by atoms with Crippen LogP contribution in [0.2, 0.25) is 0 Å². The van der Waals surface area contributed by atoms with E-state index in [-0.39, 0.29) is 24.7 Å². The molecule has 1 atom stereocenters. The molecule has 3 aromatic carbocycles. The number of carbonyl (C=O) groups excluding carboxylic acids is 1. The second-order valence-electron chi connectivity index (χ2n) is 8.50. The first kappa shape index (κ1) is 23.8. The van der Waals surface area contributed by atoms with Gasteiger partial charge in [-0.3, -0.25) is 4.79 Å². The standard InChI is InChI=1S/C26H28N2O5S/c1-17-11-18(2)25(19(3)12-17)34(30,31)28-22(13-20-7-5-4-6-8-20)26(29)27-15-21-9-10-23-24(14-21)33-16-32-23/h4-12,14,22,28H,13,15-16H2,1-3H3,(H,27,29)/t22-/m1/s1. The van der Waals surface area contributed by atoms with E-state index in [2.05, 4.69) is 10.0 Å². The zero-order valence-electron chi connectivity index (χ0n) is 19.4. The van der Waals surface area contributed by atoms with Crippen LogP contribution in [-0.4, -0.2) is 27.2 Å². The van der Waals surface area contributed by atoms with Gasteiger partial charge in [0.15, 0.2) is 11.5 Å². The zero-order chi connectivity index (χ0) is 24.3. The highest BCUT2D eigenvalue weighted by Gasteiger charge is 2.28. The van der Waals surface area contributed by atoms with Gasteiger partial charge in [-0.1, -0.05) is 54.1 Å². The number of fused-ring (bicyclic) bond motifs is 1. The number of nitrogens with one attached hydrogen (secondary N) is 2. The molecule has 1 heterocycles. The summed E-state index contributed by atoms with van der Waals surface area (Å²) in [6.07, 6.45) is 0.219. The SMILES string of the molecule is Cc1cc(C)c(S(=O)(=O)N[C@H](Cc2ccccc2)C(=O)NCc2ccc3c(c2)OCO3)c(C)c1. The zero-order valence-corrected chi connectivity index (χ0v) is 20.2. The van der Waals surface area contributed by atoms with Crippen LogP contribution in [0.5, 0.6) is 11.5 Å². The molecule has 34 heavy (non-hydrogen) atoms. The number of aryl methyl sites for hydroxylation is 3. The minimum atomic E-state index is -3.94. The van der Waals surface area contributed by atoms with Crippen LogP contribution in [0.1, 0.15) is 27.8 Å². The molecule has 0 saturated heterocycles. The van der Waals surface area contributed by atoms with Crippen LogP contribution < -0.4 is 19.5 Å². The van der Waals surface area contributed by atoms with Gasteiger partial charge >= 0.3 is 0 Å². The van der Waals surface area contributed by atoms with Crippen LogP contribution in [0, 0.1) is 20.8 Å². The van der Waals surface area contributed by atoms with Gasteiger partial charge in [-0.15, -0.1) is 0 Å². The first-order valence-corrected chi connectivity index (χ1v) is 12.5. The van der Waals surface area contributed by atoms with E-state index in [4.69, 9.17) is 9.47 Å². The molecule has 1 aliphatic heterocycles. The summed E-state index contributed by atoms with van der Waals surface area (Å²) in [6, 6.07) is 17.4. The summed E-state index contributed by atoms with van der Waals surface area (Å²) >= 11 is 0. The molecule has 4 rings (SSSR count). The Hall–Kier alpha value is -3.36. The molecular weight excluding hydrogens is 452 g/mol. The summed E-state index contributed by atoms with van der Waals surface area (Å²) < 4.78 is 40.1. The van der Waals surface area contributed by atoms with Crippen LogP contribution in [0.3, 0.4) is 0 Å². The Balaban J connectivity index is 1.55. The van der Waals surface area contributed by atoms with E-state index in [1.54, 1.807) is 26.0 Å². The number of carbonyl (C=O) groups is 1. The number of sulfonamides is 1. The number of benzene rings is 3. The number of hydrogen-bond donors (Lipinski definition) is 2. The van der Waals surface area contributed by atoms with Crippen molar-refractivity contribution in [2.75, 3.05) is 6.79 Å². The number of hydrogen-bond acceptors (Lipinski definition) is 5.